The number of aromatic nitrogens is 1. The summed E-state index contributed by atoms with van der Waals surface area (Å²) in [5.41, 5.74) is -0.0518. The molecular formula is C26H30F4N2O3. The molecule has 0 atom stereocenters. The Hall–Kier alpha value is -2.68. The molecule has 1 aromatic heterocycles. The lowest BCUT2D eigenvalue weighted by atomic mass is 9.97. The fourth-order valence-electron chi connectivity index (χ4n) is 4.29. The maximum absolute atomic E-state index is 15.4. The molecule has 2 aliphatic rings. The number of nitrogens with zero attached hydrogens (tertiary/aromatic N) is 2. The highest BCUT2D eigenvalue weighted by Crippen LogP contribution is 2.44. The fraction of sp³-hybridized carbons (Fsp3) is 0.538. The van der Waals surface area contributed by atoms with Gasteiger partial charge in [0.25, 0.3) is 0 Å². The van der Waals surface area contributed by atoms with Crippen LogP contribution in [0.4, 0.5) is 17.6 Å². The summed E-state index contributed by atoms with van der Waals surface area (Å²) in [6.07, 6.45) is -0.639. The molecular weight excluding hydrogens is 464 g/mol. The topological polar surface area (TPSA) is 51.7 Å². The van der Waals surface area contributed by atoms with E-state index in [0.29, 0.717) is 38.0 Å². The van der Waals surface area contributed by atoms with Crippen molar-refractivity contribution in [1.29, 1.82) is 0 Å². The molecule has 190 valence electrons. The van der Waals surface area contributed by atoms with E-state index in [1.807, 2.05) is 6.07 Å². The highest BCUT2D eigenvalue weighted by molar-refractivity contribution is 5.90. The normalized spacial score (nSPS) is 17.9. The lowest BCUT2D eigenvalue weighted by Crippen LogP contribution is -2.38. The Morgan fingerprint density at radius 1 is 1.06 bits per heavy atom. The molecule has 0 spiro atoms. The van der Waals surface area contributed by atoms with Crippen molar-refractivity contribution in [2.45, 2.75) is 76.8 Å². The number of carbonyl (C=O) groups excluding carboxylic acids is 1. The summed E-state index contributed by atoms with van der Waals surface area (Å²) < 4.78 is 64.6. The van der Waals surface area contributed by atoms with Gasteiger partial charge in [-0.05, 0) is 75.6 Å². The second-order valence-corrected chi connectivity index (χ2v) is 10.3. The van der Waals surface area contributed by atoms with Crippen LogP contribution in [0.3, 0.4) is 0 Å². The molecule has 35 heavy (non-hydrogen) atoms. The zero-order valence-corrected chi connectivity index (χ0v) is 20.1. The molecule has 9 heteroatoms. The molecule has 0 radical (unpaired) electrons. The number of pyridine rings is 1. The van der Waals surface area contributed by atoms with Gasteiger partial charge in [-0.1, -0.05) is 6.07 Å². The summed E-state index contributed by atoms with van der Waals surface area (Å²) in [7, 11) is 0. The van der Waals surface area contributed by atoms with Gasteiger partial charge in [-0.3, -0.25) is 4.90 Å². The maximum Gasteiger partial charge on any atom is 0.417 e. The first-order valence-corrected chi connectivity index (χ1v) is 11.9. The first kappa shape index (κ1) is 25.4. The van der Waals surface area contributed by atoms with Crippen LogP contribution in [-0.4, -0.2) is 40.6 Å². The van der Waals surface area contributed by atoms with Crippen LogP contribution in [0.25, 0.3) is 0 Å². The largest absolute Gasteiger partial charge is 0.474 e. The number of rotatable bonds is 6. The molecule has 0 N–H and O–H groups in total. The molecule has 0 unspecified atom stereocenters. The average Bonchev–Trinajstić information content (AvgIpc) is 3.59. The third kappa shape index (κ3) is 6.51. The zero-order chi connectivity index (χ0) is 25.4. The predicted octanol–water partition coefficient (Wildman–Crippen LogP) is 6.12. The number of esters is 1. The van der Waals surface area contributed by atoms with Gasteiger partial charge in [0.1, 0.15) is 17.5 Å². The summed E-state index contributed by atoms with van der Waals surface area (Å²) in [6, 6.07) is 5.54. The summed E-state index contributed by atoms with van der Waals surface area (Å²) in [5.74, 6) is -0.838. The Labute approximate surface area is 202 Å². The number of alkyl halides is 3. The molecule has 0 amide bonds. The van der Waals surface area contributed by atoms with Crippen molar-refractivity contribution in [1.82, 2.24) is 9.88 Å². The number of hydrogen-bond donors (Lipinski definition) is 0. The van der Waals surface area contributed by atoms with Crippen LogP contribution in [0.15, 0.2) is 30.5 Å². The average molecular weight is 495 g/mol. The third-order valence-electron chi connectivity index (χ3n) is 6.15. The van der Waals surface area contributed by atoms with Gasteiger partial charge in [-0.25, -0.2) is 14.2 Å². The van der Waals surface area contributed by atoms with Gasteiger partial charge in [-0.2, -0.15) is 13.2 Å². The Morgan fingerprint density at radius 2 is 1.74 bits per heavy atom. The zero-order valence-electron chi connectivity index (χ0n) is 20.1. The smallest absolute Gasteiger partial charge is 0.417 e. The molecule has 1 saturated heterocycles. The number of halogens is 4. The molecule has 1 aliphatic heterocycles. The second-order valence-electron chi connectivity index (χ2n) is 10.3. The van der Waals surface area contributed by atoms with Crippen molar-refractivity contribution in [3.8, 4) is 5.88 Å². The van der Waals surface area contributed by atoms with E-state index in [9.17, 15) is 18.0 Å². The summed E-state index contributed by atoms with van der Waals surface area (Å²) in [6.45, 7) is 7.21. The summed E-state index contributed by atoms with van der Waals surface area (Å²) >= 11 is 0. The van der Waals surface area contributed by atoms with Crippen LogP contribution in [0.2, 0.25) is 0 Å². The van der Waals surface area contributed by atoms with E-state index in [1.165, 1.54) is 12.1 Å². The van der Waals surface area contributed by atoms with E-state index < -0.39 is 29.1 Å². The van der Waals surface area contributed by atoms with Gasteiger partial charge in [-0.15, -0.1) is 0 Å². The Balaban J connectivity index is 1.37. The van der Waals surface area contributed by atoms with E-state index in [-0.39, 0.29) is 23.5 Å². The van der Waals surface area contributed by atoms with Crippen LogP contribution >= 0.6 is 0 Å². The van der Waals surface area contributed by atoms with Crippen molar-refractivity contribution in [3.05, 3.63) is 58.5 Å². The lowest BCUT2D eigenvalue weighted by molar-refractivity contribution is -0.137. The molecule has 2 fully saturated rings. The number of piperidine rings is 1. The van der Waals surface area contributed by atoms with Crippen LogP contribution in [0.5, 0.6) is 5.88 Å². The SMILES string of the molecule is CC(C)(C)OC(=O)c1ccc(CN2CCC(Oc3ccc(C(F)(F)F)cn3)CC2)c(C2CC2)c1F. The highest BCUT2D eigenvalue weighted by Gasteiger charge is 2.34. The van der Waals surface area contributed by atoms with Gasteiger partial charge >= 0.3 is 12.1 Å². The second kappa shape index (κ2) is 9.76. The van der Waals surface area contributed by atoms with Crippen LogP contribution in [0.1, 0.15) is 79.4 Å². The summed E-state index contributed by atoms with van der Waals surface area (Å²) in [4.78, 5) is 18.5. The molecule has 2 heterocycles. The standard InChI is InChI=1S/C26H30F4N2O3/c1-25(2,3)35-24(33)20-8-6-17(22(23(20)27)16-4-5-16)15-32-12-10-19(11-13-32)34-21-9-7-18(14-31-21)26(28,29)30/h6-9,14,16,19H,4-5,10-13,15H2,1-3H3. The van der Waals surface area contributed by atoms with Crippen LogP contribution in [-0.2, 0) is 17.5 Å². The number of ether oxygens (including phenoxy) is 2. The molecule has 1 saturated carbocycles. The predicted molar refractivity (Wildman–Crippen MR) is 122 cm³/mol. The lowest BCUT2D eigenvalue weighted by Gasteiger charge is -2.32. The molecule has 0 bridgehead atoms. The van der Waals surface area contributed by atoms with Crippen molar-refractivity contribution >= 4 is 5.97 Å². The minimum absolute atomic E-state index is 0.0262. The molecule has 4 rings (SSSR count). The minimum atomic E-state index is -4.43. The van der Waals surface area contributed by atoms with Gasteiger partial charge in [0.15, 0.2) is 0 Å². The number of likely N-dealkylation sites (tertiary alicyclic amines) is 1. The number of carbonyl (C=O) groups is 1. The van der Waals surface area contributed by atoms with E-state index in [4.69, 9.17) is 9.47 Å². The minimum Gasteiger partial charge on any atom is -0.474 e. The quantitative estimate of drug-likeness (QED) is 0.358. The van der Waals surface area contributed by atoms with E-state index >= 15 is 4.39 Å². The van der Waals surface area contributed by atoms with Crippen molar-refractivity contribution in [3.63, 3.8) is 0 Å². The van der Waals surface area contributed by atoms with Gasteiger partial charge < -0.3 is 9.47 Å². The van der Waals surface area contributed by atoms with Crippen molar-refractivity contribution in [2.75, 3.05) is 13.1 Å². The molecule has 5 nitrogen and oxygen atoms in total. The van der Waals surface area contributed by atoms with E-state index in [0.717, 1.165) is 30.7 Å². The Morgan fingerprint density at radius 3 is 2.29 bits per heavy atom. The van der Waals surface area contributed by atoms with Crippen molar-refractivity contribution < 1.29 is 31.8 Å². The van der Waals surface area contributed by atoms with E-state index in [2.05, 4.69) is 9.88 Å². The highest BCUT2D eigenvalue weighted by atomic mass is 19.4. The van der Waals surface area contributed by atoms with Crippen LogP contribution in [0, 0.1) is 5.82 Å². The van der Waals surface area contributed by atoms with Gasteiger partial charge in [0, 0.05) is 31.9 Å². The molecule has 2 aromatic rings. The third-order valence-corrected chi connectivity index (χ3v) is 6.15. The van der Waals surface area contributed by atoms with Crippen LogP contribution < -0.4 is 4.74 Å². The maximum atomic E-state index is 15.4. The molecule has 1 aliphatic carbocycles. The number of benzene rings is 1. The summed E-state index contributed by atoms with van der Waals surface area (Å²) in [5, 5.41) is 0. The Kier molecular flexibility index (Phi) is 7.09. The van der Waals surface area contributed by atoms with E-state index in [1.54, 1.807) is 20.8 Å². The van der Waals surface area contributed by atoms with Crippen molar-refractivity contribution in [2.24, 2.45) is 0 Å². The van der Waals surface area contributed by atoms with Gasteiger partial charge in [0.05, 0.1) is 11.1 Å². The Bertz CT molecular complexity index is 1050. The molecule has 1 aromatic carbocycles. The first-order chi connectivity index (χ1) is 16.4. The first-order valence-electron chi connectivity index (χ1n) is 11.9. The number of hydrogen-bond acceptors (Lipinski definition) is 5. The monoisotopic (exact) mass is 494 g/mol. The van der Waals surface area contributed by atoms with Gasteiger partial charge in [0.2, 0.25) is 5.88 Å². The fourth-order valence-corrected chi connectivity index (χ4v) is 4.29.